The molecule has 2 aromatic rings. The lowest BCUT2D eigenvalue weighted by molar-refractivity contribution is -0.144. The normalized spacial score (nSPS) is 10.3. The first-order chi connectivity index (χ1) is 11.0. The average Bonchev–Trinajstić information content (AvgIpc) is 2.97. The molecule has 2 rings (SSSR count). The second-order valence-electron chi connectivity index (χ2n) is 5.22. The maximum Gasteiger partial charge on any atom is 0.306 e. The van der Waals surface area contributed by atoms with Crippen molar-refractivity contribution in [2.45, 2.75) is 26.7 Å². The van der Waals surface area contributed by atoms with Gasteiger partial charge in [-0.05, 0) is 38.1 Å². The van der Waals surface area contributed by atoms with Crippen LogP contribution in [0.4, 0.5) is 0 Å². The first-order valence-corrected chi connectivity index (χ1v) is 8.31. The Hall–Kier alpha value is -2.14. The van der Waals surface area contributed by atoms with Crippen molar-refractivity contribution in [1.29, 1.82) is 0 Å². The summed E-state index contributed by atoms with van der Waals surface area (Å²) in [6, 6.07) is 11.4. The Labute approximate surface area is 140 Å². The summed E-state index contributed by atoms with van der Waals surface area (Å²) >= 11 is 1.45. The zero-order chi connectivity index (χ0) is 16.7. The van der Waals surface area contributed by atoms with E-state index in [1.165, 1.54) is 11.3 Å². The molecule has 0 aliphatic rings. The number of Topliss-reactive ketones (excluding diaryl/α,β-unsaturated/α-hetero) is 1. The number of hydrogen-bond acceptors (Lipinski definition) is 5. The van der Waals surface area contributed by atoms with E-state index in [1.54, 1.807) is 6.07 Å². The van der Waals surface area contributed by atoms with Crippen molar-refractivity contribution in [3.63, 3.8) is 0 Å². The Morgan fingerprint density at radius 3 is 2.35 bits per heavy atom. The average molecular weight is 332 g/mol. The van der Waals surface area contributed by atoms with Crippen molar-refractivity contribution >= 4 is 23.1 Å². The van der Waals surface area contributed by atoms with E-state index in [2.05, 4.69) is 0 Å². The quantitative estimate of drug-likeness (QED) is 0.417. The summed E-state index contributed by atoms with van der Waals surface area (Å²) in [5, 5.41) is 0. The molecule has 1 aromatic carbocycles. The van der Waals surface area contributed by atoms with Gasteiger partial charge in [-0.15, -0.1) is 11.3 Å². The van der Waals surface area contributed by atoms with Crippen LogP contribution in [-0.4, -0.2) is 25.0 Å². The van der Waals surface area contributed by atoms with Crippen LogP contribution in [0.5, 0.6) is 5.75 Å². The first-order valence-electron chi connectivity index (χ1n) is 7.49. The molecule has 0 aliphatic heterocycles. The highest BCUT2D eigenvalue weighted by atomic mass is 32.1. The van der Waals surface area contributed by atoms with Gasteiger partial charge >= 0.3 is 5.97 Å². The monoisotopic (exact) mass is 332 g/mol. The number of aryl methyl sites for hydroxylation is 2. The SMILES string of the molecule is Cc1ccc(OCCOC(=O)CCC(=O)c2ccc(C)s2)cc1. The molecule has 0 radical (unpaired) electrons. The van der Waals surface area contributed by atoms with Crippen LogP contribution in [0.3, 0.4) is 0 Å². The smallest absolute Gasteiger partial charge is 0.306 e. The Morgan fingerprint density at radius 2 is 1.70 bits per heavy atom. The third-order valence-electron chi connectivity index (χ3n) is 3.21. The highest BCUT2D eigenvalue weighted by molar-refractivity contribution is 7.14. The topological polar surface area (TPSA) is 52.6 Å². The van der Waals surface area contributed by atoms with E-state index >= 15 is 0 Å². The second-order valence-corrected chi connectivity index (χ2v) is 6.50. The molecule has 0 amide bonds. The van der Waals surface area contributed by atoms with Gasteiger partial charge in [-0.1, -0.05) is 17.7 Å². The van der Waals surface area contributed by atoms with Crippen LogP contribution in [0, 0.1) is 13.8 Å². The van der Waals surface area contributed by atoms with E-state index in [1.807, 2.05) is 44.2 Å². The molecule has 122 valence electrons. The number of hydrogen-bond donors (Lipinski definition) is 0. The van der Waals surface area contributed by atoms with Gasteiger partial charge in [-0.25, -0.2) is 0 Å². The van der Waals surface area contributed by atoms with E-state index in [-0.39, 0.29) is 31.2 Å². The number of carbonyl (C=O) groups is 2. The molecule has 0 bridgehead atoms. The van der Waals surface area contributed by atoms with Crippen LogP contribution >= 0.6 is 11.3 Å². The molecule has 0 spiro atoms. The Balaban J connectivity index is 1.61. The number of rotatable bonds is 8. The fourth-order valence-electron chi connectivity index (χ4n) is 1.94. The Kier molecular flexibility index (Phi) is 6.35. The summed E-state index contributed by atoms with van der Waals surface area (Å²) in [5.41, 5.74) is 1.16. The molecule has 23 heavy (non-hydrogen) atoms. The highest BCUT2D eigenvalue weighted by Crippen LogP contribution is 2.17. The minimum Gasteiger partial charge on any atom is -0.490 e. The van der Waals surface area contributed by atoms with Crippen molar-refractivity contribution in [1.82, 2.24) is 0 Å². The molecular formula is C18H20O4S. The van der Waals surface area contributed by atoms with E-state index in [0.717, 1.165) is 16.2 Å². The molecule has 0 saturated heterocycles. The van der Waals surface area contributed by atoms with E-state index in [0.29, 0.717) is 11.5 Å². The van der Waals surface area contributed by atoms with Crippen molar-refractivity contribution in [3.8, 4) is 5.75 Å². The van der Waals surface area contributed by atoms with Crippen LogP contribution in [0.2, 0.25) is 0 Å². The predicted octanol–water partition coefficient (Wildman–Crippen LogP) is 3.95. The van der Waals surface area contributed by atoms with Gasteiger partial charge < -0.3 is 9.47 Å². The van der Waals surface area contributed by atoms with E-state index in [9.17, 15) is 9.59 Å². The van der Waals surface area contributed by atoms with Gasteiger partial charge in [0.15, 0.2) is 5.78 Å². The fraction of sp³-hybridized carbons (Fsp3) is 0.333. The van der Waals surface area contributed by atoms with Crippen LogP contribution in [-0.2, 0) is 9.53 Å². The Morgan fingerprint density at radius 1 is 0.957 bits per heavy atom. The van der Waals surface area contributed by atoms with Gasteiger partial charge in [-0.2, -0.15) is 0 Å². The summed E-state index contributed by atoms with van der Waals surface area (Å²) in [6.45, 7) is 4.43. The molecule has 0 saturated carbocycles. The van der Waals surface area contributed by atoms with E-state index in [4.69, 9.17) is 9.47 Å². The Bertz CT molecular complexity index is 658. The van der Waals surface area contributed by atoms with Crippen molar-refractivity contribution in [2.24, 2.45) is 0 Å². The summed E-state index contributed by atoms with van der Waals surface area (Å²) in [5.74, 6) is 0.352. The summed E-state index contributed by atoms with van der Waals surface area (Å²) in [4.78, 5) is 25.3. The summed E-state index contributed by atoms with van der Waals surface area (Å²) < 4.78 is 10.5. The first kappa shape index (κ1) is 17.2. The third kappa shape index (κ3) is 5.87. The van der Waals surface area contributed by atoms with Gasteiger partial charge in [0.2, 0.25) is 0 Å². The van der Waals surface area contributed by atoms with Crippen LogP contribution in [0.15, 0.2) is 36.4 Å². The summed E-state index contributed by atoms with van der Waals surface area (Å²) in [6.07, 6.45) is 0.276. The highest BCUT2D eigenvalue weighted by Gasteiger charge is 2.11. The van der Waals surface area contributed by atoms with E-state index < -0.39 is 0 Å². The predicted molar refractivity (Wildman–Crippen MR) is 90.3 cm³/mol. The molecule has 5 heteroatoms. The summed E-state index contributed by atoms with van der Waals surface area (Å²) in [7, 11) is 0. The van der Waals surface area contributed by atoms with Crippen LogP contribution in [0.25, 0.3) is 0 Å². The molecule has 0 N–H and O–H groups in total. The zero-order valence-electron chi connectivity index (χ0n) is 13.3. The lowest BCUT2D eigenvalue weighted by Crippen LogP contribution is -2.13. The number of thiophene rings is 1. The zero-order valence-corrected chi connectivity index (χ0v) is 14.2. The van der Waals surface area contributed by atoms with Crippen LogP contribution < -0.4 is 4.74 Å². The maximum atomic E-state index is 11.9. The number of ketones is 1. The minimum absolute atomic E-state index is 0.0176. The van der Waals surface area contributed by atoms with Crippen LogP contribution in [0.1, 0.15) is 33.0 Å². The molecule has 0 fully saturated rings. The molecule has 1 heterocycles. The van der Waals surface area contributed by atoms with Gasteiger partial charge in [-0.3, -0.25) is 9.59 Å². The fourth-order valence-corrected chi connectivity index (χ4v) is 2.78. The van der Waals surface area contributed by atoms with Gasteiger partial charge in [0, 0.05) is 11.3 Å². The van der Waals surface area contributed by atoms with Crippen molar-refractivity contribution in [2.75, 3.05) is 13.2 Å². The maximum absolute atomic E-state index is 11.9. The van der Waals surface area contributed by atoms with Gasteiger partial charge in [0.05, 0.1) is 11.3 Å². The molecule has 4 nitrogen and oxygen atoms in total. The molecule has 0 aliphatic carbocycles. The lowest BCUT2D eigenvalue weighted by atomic mass is 10.2. The molecule has 0 unspecified atom stereocenters. The number of ether oxygens (including phenoxy) is 2. The van der Waals surface area contributed by atoms with Crippen molar-refractivity contribution in [3.05, 3.63) is 51.7 Å². The second kappa shape index (κ2) is 8.48. The largest absolute Gasteiger partial charge is 0.490 e. The standard InChI is InChI=1S/C18H20O4S/c1-13-3-6-15(7-4-13)21-11-12-22-18(20)10-8-16(19)17-9-5-14(2)23-17/h3-7,9H,8,10-12H2,1-2H3. The molecule has 1 aromatic heterocycles. The number of carbonyl (C=O) groups excluding carboxylic acids is 2. The van der Waals surface area contributed by atoms with Crippen molar-refractivity contribution < 1.29 is 19.1 Å². The van der Waals surface area contributed by atoms with Gasteiger partial charge in [0.1, 0.15) is 19.0 Å². The molecule has 0 atom stereocenters. The number of benzene rings is 1. The van der Waals surface area contributed by atoms with Gasteiger partial charge in [0.25, 0.3) is 0 Å². The third-order valence-corrected chi connectivity index (χ3v) is 4.25. The number of esters is 1. The molecular weight excluding hydrogens is 312 g/mol. The minimum atomic E-state index is -0.376. The lowest BCUT2D eigenvalue weighted by Gasteiger charge is -2.07.